The Morgan fingerprint density at radius 3 is 2.08 bits per heavy atom. The minimum atomic E-state index is -0.600. The summed E-state index contributed by atoms with van der Waals surface area (Å²) in [5.41, 5.74) is 0. The summed E-state index contributed by atoms with van der Waals surface area (Å²) in [4.78, 5) is 26.7. The Morgan fingerprint density at radius 2 is 1.67 bits per heavy atom. The fraction of sp³-hybridized carbons (Fsp3) is 0.667. The van der Waals surface area contributed by atoms with Gasteiger partial charge in [0.15, 0.2) is 6.17 Å². The second kappa shape index (κ2) is 5.17. The maximum absolute atomic E-state index is 9.95. The molecule has 1 saturated heterocycles. The number of isocyanates is 2. The summed E-state index contributed by atoms with van der Waals surface area (Å²) in [7, 11) is 0. The third kappa shape index (κ3) is 2.50. The van der Waals surface area contributed by atoms with E-state index in [1.54, 1.807) is 23.5 Å². The van der Waals surface area contributed by atoms with E-state index in [-0.39, 0.29) is 4.58 Å². The lowest BCUT2D eigenvalue weighted by Crippen LogP contribution is -2.12. The summed E-state index contributed by atoms with van der Waals surface area (Å²) in [5.74, 6) is 2.02. The average molecular weight is 202 g/mol. The number of aliphatic imine (C=N–C) groups is 2. The molecule has 0 amide bonds. The van der Waals surface area contributed by atoms with E-state index in [1.807, 2.05) is 0 Å². The second-order valence-corrected chi connectivity index (χ2v) is 4.76. The van der Waals surface area contributed by atoms with Crippen molar-refractivity contribution in [2.24, 2.45) is 9.98 Å². The predicted molar refractivity (Wildman–Crippen MR) is 48.7 cm³/mol. The molecule has 0 unspecified atom stereocenters. The van der Waals surface area contributed by atoms with Gasteiger partial charge in [0.25, 0.3) is 0 Å². The first-order valence-electron chi connectivity index (χ1n) is 3.25. The Hall–Kier alpha value is -0.540. The molecular formula is C6H6N2O2S2. The standard InChI is InChI=1S/C6H6N2O2S2/c9-3-7-5(8-4-10)6-11-1-2-12-6/h5-6H,1-2H2. The Morgan fingerprint density at radius 1 is 1.17 bits per heavy atom. The van der Waals surface area contributed by atoms with Crippen LogP contribution in [0, 0.1) is 0 Å². The van der Waals surface area contributed by atoms with E-state index in [1.165, 1.54) is 12.2 Å². The largest absolute Gasteiger partial charge is 0.237 e. The first-order valence-corrected chi connectivity index (χ1v) is 5.35. The smallest absolute Gasteiger partial charge is 0.211 e. The number of hydrogen-bond acceptors (Lipinski definition) is 6. The molecule has 1 fully saturated rings. The zero-order valence-corrected chi connectivity index (χ0v) is 7.73. The molecule has 1 aliphatic heterocycles. The number of hydrogen-bond donors (Lipinski definition) is 0. The van der Waals surface area contributed by atoms with Gasteiger partial charge in [0, 0.05) is 11.5 Å². The van der Waals surface area contributed by atoms with Gasteiger partial charge in [-0.3, -0.25) is 0 Å². The highest BCUT2D eigenvalue weighted by molar-refractivity contribution is 8.20. The van der Waals surface area contributed by atoms with E-state index in [9.17, 15) is 9.59 Å². The second-order valence-electron chi connectivity index (χ2n) is 1.96. The molecule has 0 N–H and O–H groups in total. The number of rotatable bonds is 3. The predicted octanol–water partition coefficient (Wildman–Crippen LogP) is 0.790. The fourth-order valence-electron chi connectivity index (χ4n) is 0.807. The molecule has 0 aromatic heterocycles. The summed E-state index contributed by atoms with van der Waals surface area (Å²) < 4.78 is 0.0768. The summed E-state index contributed by atoms with van der Waals surface area (Å²) in [6.45, 7) is 0. The molecule has 0 spiro atoms. The topological polar surface area (TPSA) is 58.9 Å². The SMILES string of the molecule is O=C=NC(N=C=O)C1SCCS1. The maximum Gasteiger partial charge on any atom is 0.237 e. The average Bonchev–Trinajstić information content (AvgIpc) is 2.56. The molecule has 0 aliphatic carbocycles. The molecule has 0 bridgehead atoms. The van der Waals surface area contributed by atoms with Crippen molar-refractivity contribution in [2.75, 3.05) is 11.5 Å². The Kier molecular flexibility index (Phi) is 4.11. The Bertz CT molecular complexity index is 222. The number of thioether (sulfide) groups is 2. The highest BCUT2D eigenvalue weighted by atomic mass is 32.2. The van der Waals surface area contributed by atoms with E-state index < -0.39 is 6.17 Å². The first-order chi connectivity index (χ1) is 5.88. The summed E-state index contributed by atoms with van der Waals surface area (Å²) >= 11 is 3.30. The molecule has 1 rings (SSSR count). The monoisotopic (exact) mass is 202 g/mol. The van der Waals surface area contributed by atoms with E-state index >= 15 is 0 Å². The van der Waals surface area contributed by atoms with Crippen LogP contribution in [0.5, 0.6) is 0 Å². The normalized spacial score (nSPS) is 19.3. The van der Waals surface area contributed by atoms with Crippen LogP contribution in [0.1, 0.15) is 0 Å². The van der Waals surface area contributed by atoms with E-state index in [0.29, 0.717) is 0 Å². The number of nitrogens with zero attached hydrogens (tertiary/aromatic N) is 2. The lowest BCUT2D eigenvalue weighted by atomic mass is 10.6. The van der Waals surface area contributed by atoms with Gasteiger partial charge in [-0.05, 0) is 0 Å². The van der Waals surface area contributed by atoms with Crippen molar-refractivity contribution in [3.05, 3.63) is 0 Å². The van der Waals surface area contributed by atoms with E-state index in [0.717, 1.165) is 11.5 Å². The summed E-state index contributed by atoms with van der Waals surface area (Å²) in [6.07, 6.45) is 2.21. The lowest BCUT2D eigenvalue weighted by Gasteiger charge is -2.08. The number of carbonyl (C=O) groups excluding carboxylic acids is 2. The molecule has 0 aromatic carbocycles. The Balaban J connectivity index is 2.63. The highest BCUT2D eigenvalue weighted by Crippen LogP contribution is 2.35. The van der Waals surface area contributed by atoms with Gasteiger partial charge in [0.05, 0.1) is 4.58 Å². The summed E-state index contributed by atoms with van der Waals surface area (Å²) in [6, 6.07) is 0. The van der Waals surface area contributed by atoms with Gasteiger partial charge in [0.2, 0.25) is 12.2 Å². The van der Waals surface area contributed by atoms with Crippen LogP contribution in [0.15, 0.2) is 9.98 Å². The van der Waals surface area contributed by atoms with Gasteiger partial charge < -0.3 is 0 Å². The van der Waals surface area contributed by atoms with Crippen molar-refractivity contribution in [3.63, 3.8) is 0 Å². The van der Waals surface area contributed by atoms with Crippen LogP contribution in [0.4, 0.5) is 0 Å². The van der Waals surface area contributed by atoms with Gasteiger partial charge in [-0.1, -0.05) is 0 Å². The van der Waals surface area contributed by atoms with Crippen LogP contribution in [-0.4, -0.2) is 34.4 Å². The molecule has 4 nitrogen and oxygen atoms in total. The van der Waals surface area contributed by atoms with Gasteiger partial charge >= 0.3 is 0 Å². The van der Waals surface area contributed by atoms with Crippen molar-refractivity contribution in [1.29, 1.82) is 0 Å². The third-order valence-electron chi connectivity index (χ3n) is 1.26. The van der Waals surface area contributed by atoms with Gasteiger partial charge in [-0.25, -0.2) is 9.59 Å². The van der Waals surface area contributed by atoms with Crippen LogP contribution in [-0.2, 0) is 9.59 Å². The summed E-state index contributed by atoms with van der Waals surface area (Å²) in [5, 5.41) is 0. The Labute approximate surface area is 77.9 Å². The molecule has 0 atom stereocenters. The molecule has 1 aliphatic rings. The van der Waals surface area contributed by atoms with Crippen LogP contribution in [0.2, 0.25) is 0 Å². The van der Waals surface area contributed by atoms with E-state index in [2.05, 4.69) is 9.98 Å². The van der Waals surface area contributed by atoms with Crippen molar-refractivity contribution in [1.82, 2.24) is 0 Å². The maximum atomic E-state index is 9.95. The van der Waals surface area contributed by atoms with Crippen molar-refractivity contribution < 1.29 is 9.59 Å². The highest BCUT2D eigenvalue weighted by Gasteiger charge is 2.25. The molecular weight excluding hydrogens is 196 g/mol. The van der Waals surface area contributed by atoms with Gasteiger partial charge in [-0.15, -0.1) is 23.5 Å². The molecule has 6 heteroatoms. The zero-order chi connectivity index (χ0) is 8.81. The van der Waals surface area contributed by atoms with Gasteiger partial charge in [0.1, 0.15) is 0 Å². The van der Waals surface area contributed by atoms with Crippen molar-refractivity contribution >= 4 is 35.7 Å². The van der Waals surface area contributed by atoms with Crippen molar-refractivity contribution in [2.45, 2.75) is 10.7 Å². The quantitative estimate of drug-likeness (QED) is 0.501. The van der Waals surface area contributed by atoms with Gasteiger partial charge in [-0.2, -0.15) is 9.98 Å². The zero-order valence-electron chi connectivity index (χ0n) is 6.10. The molecule has 0 radical (unpaired) electrons. The first kappa shape index (κ1) is 9.55. The third-order valence-corrected chi connectivity index (χ3v) is 4.36. The minimum absolute atomic E-state index is 0.0768. The van der Waals surface area contributed by atoms with E-state index in [4.69, 9.17) is 0 Å². The van der Waals surface area contributed by atoms with Crippen LogP contribution >= 0.6 is 23.5 Å². The van der Waals surface area contributed by atoms with Crippen LogP contribution < -0.4 is 0 Å². The van der Waals surface area contributed by atoms with Crippen LogP contribution in [0.3, 0.4) is 0 Å². The fourth-order valence-corrected chi connectivity index (χ4v) is 3.59. The minimum Gasteiger partial charge on any atom is -0.211 e. The molecule has 0 aromatic rings. The van der Waals surface area contributed by atoms with Crippen LogP contribution in [0.25, 0.3) is 0 Å². The van der Waals surface area contributed by atoms with Crippen molar-refractivity contribution in [3.8, 4) is 0 Å². The molecule has 1 heterocycles. The molecule has 0 saturated carbocycles. The lowest BCUT2D eigenvalue weighted by molar-refractivity contribution is 0.553. The molecule has 12 heavy (non-hydrogen) atoms. The molecule has 64 valence electrons.